The van der Waals surface area contributed by atoms with Gasteiger partial charge in [0.05, 0.1) is 7.11 Å². The standard InChI is InChI=1S/C18H26N2O4/c1-18(2,3)24-17(22)20-10-8-12(9-11-20)15(19)13-6-5-7-14(23-4)16(13)21/h5-7,12,19,21H,8-11H2,1-4H3. The van der Waals surface area contributed by atoms with Crippen molar-refractivity contribution in [2.24, 2.45) is 5.92 Å². The zero-order valence-corrected chi connectivity index (χ0v) is 14.8. The molecule has 2 N–H and O–H groups in total. The van der Waals surface area contributed by atoms with Crippen LogP contribution in [0.4, 0.5) is 4.79 Å². The van der Waals surface area contributed by atoms with Crippen LogP contribution in [0.2, 0.25) is 0 Å². The zero-order chi connectivity index (χ0) is 17.9. The van der Waals surface area contributed by atoms with Crippen LogP contribution in [0.5, 0.6) is 11.5 Å². The molecule has 1 aromatic rings. The average Bonchev–Trinajstić information content (AvgIpc) is 2.53. The Balaban J connectivity index is 2.00. The van der Waals surface area contributed by atoms with Crippen molar-refractivity contribution in [3.63, 3.8) is 0 Å². The van der Waals surface area contributed by atoms with Crippen LogP contribution in [-0.4, -0.2) is 47.6 Å². The predicted molar refractivity (Wildman–Crippen MR) is 92.0 cm³/mol. The maximum Gasteiger partial charge on any atom is 0.410 e. The number of likely N-dealkylation sites (tertiary alicyclic amines) is 1. The SMILES string of the molecule is COc1cccc(C(=N)C2CCN(C(=O)OC(C)(C)C)CC2)c1O. The van der Waals surface area contributed by atoms with Crippen LogP contribution in [0.3, 0.4) is 0 Å². The van der Waals surface area contributed by atoms with Crippen LogP contribution in [0, 0.1) is 11.3 Å². The van der Waals surface area contributed by atoms with Gasteiger partial charge in [0.1, 0.15) is 5.60 Å². The molecule has 1 heterocycles. The number of nitrogens with one attached hydrogen (secondary N) is 1. The number of para-hydroxylation sites is 1. The monoisotopic (exact) mass is 334 g/mol. The molecule has 0 saturated carbocycles. The molecule has 0 spiro atoms. The van der Waals surface area contributed by atoms with Gasteiger partial charge in [-0.2, -0.15) is 0 Å². The Kier molecular flexibility index (Phi) is 5.36. The first-order valence-electron chi connectivity index (χ1n) is 8.15. The molecule has 2 rings (SSSR count). The summed E-state index contributed by atoms with van der Waals surface area (Å²) in [5, 5.41) is 18.6. The first-order valence-corrected chi connectivity index (χ1v) is 8.15. The third-order valence-electron chi connectivity index (χ3n) is 4.06. The van der Waals surface area contributed by atoms with E-state index < -0.39 is 5.60 Å². The van der Waals surface area contributed by atoms with Crippen molar-refractivity contribution in [1.82, 2.24) is 4.90 Å². The Morgan fingerprint density at radius 2 is 1.92 bits per heavy atom. The summed E-state index contributed by atoms with van der Waals surface area (Å²) >= 11 is 0. The van der Waals surface area contributed by atoms with E-state index in [-0.39, 0.29) is 17.8 Å². The molecular formula is C18H26N2O4. The fourth-order valence-corrected chi connectivity index (χ4v) is 2.80. The Hall–Kier alpha value is -2.24. The summed E-state index contributed by atoms with van der Waals surface area (Å²) < 4.78 is 10.5. The molecular weight excluding hydrogens is 308 g/mol. The molecule has 1 amide bonds. The van der Waals surface area contributed by atoms with E-state index in [0.29, 0.717) is 43.0 Å². The number of methoxy groups -OCH3 is 1. The fourth-order valence-electron chi connectivity index (χ4n) is 2.80. The van der Waals surface area contributed by atoms with Gasteiger partial charge in [-0.3, -0.25) is 0 Å². The Morgan fingerprint density at radius 3 is 2.46 bits per heavy atom. The second kappa shape index (κ2) is 7.11. The summed E-state index contributed by atoms with van der Waals surface area (Å²) in [5.74, 6) is 0.365. The number of ether oxygens (including phenoxy) is 2. The molecule has 132 valence electrons. The van der Waals surface area contributed by atoms with Gasteiger partial charge in [-0.1, -0.05) is 6.07 Å². The first-order chi connectivity index (χ1) is 11.2. The van der Waals surface area contributed by atoms with Gasteiger partial charge in [-0.15, -0.1) is 0 Å². The minimum absolute atomic E-state index is 0.000396. The third-order valence-corrected chi connectivity index (χ3v) is 4.06. The molecule has 1 aliphatic rings. The number of hydrogen-bond acceptors (Lipinski definition) is 5. The molecule has 0 atom stereocenters. The topological polar surface area (TPSA) is 82.9 Å². The molecule has 6 heteroatoms. The van der Waals surface area contributed by atoms with Crippen LogP contribution >= 0.6 is 0 Å². The third kappa shape index (κ3) is 4.19. The minimum Gasteiger partial charge on any atom is -0.504 e. The van der Waals surface area contributed by atoms with E-state index in [1.807, 2.05) is 20.8 Å². The summed E-state index contributed by atoms with van der Waals surface area (Å²) in [6.07, 6.45) is 1.04. The number of carbonyl (C=O) groups excluding carboxylic acids is 1. The zero-order valence-electron chi connectivity index (χ0n) is 14.8. The van der Waals surface area contributed by atoms with Crippen molar-refractivity contribution in [2.75, 3.05) is 20.2 Å². The molecule has 1 fully saturated rings. The second-order valence-electron chi connectivity index (χ2n) is 7.01. The predicted octanol–water partition coefficient (Wildman–Crippen LogP) is 3.42. The number of piperidine rings is 1. The van der Waals surface area contributed by atoms with Crippen molar-refractivity contribution >= 4 is 11.8 Å². The summed E-state index contributed by atoms with van der Waals surface area (Å²) in [7, 11) is 1.49. The fraction of sp³-hybridized carbons (Fsp3) is 0.556. The van der Waals surface area contributed by atoms with E-state index in [4.69, 9.17) is 14.9 Å². The molecule has 0 aliphatic carbocycles. The lowest BCUT2D eigenvalue weighted by Gasteiger charge is -2.33. The van der Waals surface area contributed by atoms with E-state index in [9.17, 15) is 9.90 Å². The highest BCUT2D eigenvalue weighted by Crippen LogP contribution is 2.33. The summed E-state index contributed by atoms with van der Waals surface area (Å²) in [5.41, 5.74) is 0.368. The second-order valence-corrected chi connectivity index (χ2v) is 7.01. The van der Waals surface area contributed by atoms with Crippen LogP contribution < -0.4 is 4.74 Å². The average molecular weight is 334 g/mol. The molecule has 0 unspecified atom stereocenters. The van der Waals surface area contributed by atoms with E-state index >= 15 is 0 Å². The molecule has 1 saturated heterocycles. The van der Waals surface area contributed by atoms with Crippen LogP contribution in [0.1, 0.15) is 39.2 Å². The summed E-state index contributed by atoms with van der Waals surface area (Å²) in [6, 6.07) is 5.15. The van der Waals surface area contributed by atoms with E-state index in [1.54, 1.807) is 23.1 Å². The van der Waals surface area contributed by atoms with Crippen LogP contribution in [0.15, 0.2) is 18.2 Å². The van der Waals surface area contributed by atoms with E-state index in [2.05, 4.69) is 0 Å². The minimum atomic E-state index is -0.507. The van der Waals surface area contributed by atoms with Crippen molar-refractivity contribution in [3.05, 3.63) is 23.8 Å². The number of rotatable bonds is 3. The highest BCUT2D eigenvalue weighted by Gasteiger charge is 2.29. The molecule has 0 radical (unpaired) electrons. The lowest BCUT2D eigenvalue weighted by atomic mass is 9.88. The maximum absolute atomic E-state index is 12.1. The molecule has 6 nitrogen and oxygen atoms in total. The number of aromatic hydroxyl groups is 1. The van der Waals surface area contributed by atoms with Gasteiger partial charge in [0, 0.05) is 30.3 Å². The van der Waals surface area contributed by atoms with Crippen molar-refractivity contribution < 1.29 is 19.4 Å². The summed E-state index contributed by atoms with van der Waals surface area (Å²) in [6.45, 7) is 6.64. The largest absolute Gasteiger partial charge is 0.504 e. The normalized spacial score (nSPS) is 15.9. The molecule has 24 heavy (non-hydrogen) atoms. The summed E-state index contributed by atoms with van der Waals surface area (Å²) in [4.78, 5) is 13.8. The van der Waals surface area contributed by atoms with Crippen molar-refractivity contribution in [1.29, 1.82) is 5.41 Å². The number of phenols is 1. The number of amides is 1. The first kappa shape index (κ1) is 18.1. The Morgan fingerprint density at radius 1 is 1.29 bits per heavy atom. The van der Waals surface area contributed by atoms with Crippen LogP contribution in [-0.2, 0) is 4.74 Å². The van der Waals surface area contributed by atoms with Crippen molar-refractivity contribution in [3.8, 4) is 11.5 Å². The van der Waals surface area contributed by atoms with E-state index in [0.717, 1.165) is 0 Å². The maximum atomic E-state index is 12.1. The van der Waals surface area contributed by atoms with E-state index in [1.165, 1.54) is 7.11 Å². The van der Waals surface area contributed by atoms with Gasteiger partial charge >= 0.3 is 6.09 Å². The van der Waals surface area contributed by atoms with Gasteiger partial charge in [-0.25, -0.2) is 4.79 Å². The van der Waals surface area contributed by atoms with Crippen LogP contribution in [0.25, 0.3) is 0 Å². The number of benzene rings is 1. The van der Waals surface area contributed by atoms with Gasteiger partial charge in [0.2, 0.25) is 0 Å². The molecule has 0 bridgehead atoms. The number of phenolic OH excluding ortho intramolecular Hbond substituents is 1. The number of carbonyl (C=O) groups is 1. The van der Waals surface area contributed by atoms with Gasteiger partial charge < -0.3 is 24.9 Å². The lowest BCUT2D eigenvalue weighted by Crippen LogP contribution is -2.43. The molecule has 0 aromatic heterocycles. The molecule has 1 aromatic carbocycles. The Bertz CT molecular complexity index is 614. The Labute approximate surface area is 142 Å². The number of nitrogens with zero attached hydrogens (tertiary/aromatic N) is 1. The van der Waals surface area contributed by atoms with Gasteiger partial charge in [0.15, 0.2) is 11.5 Å². The molecule has 1 aliphatic heterocycles. The smallest absolute Gasteiger partial charge is 0.410 e. The van der Waals surface area contributed by atoms with Gasteiger partial charge in [0.25, 0.3) is 0 Å². The highest BCUT2D eigenvalue weighted by atomic mass is 16.6. The highest BCUT2D eigenvalue weighted by molar-refractivity contribution is 6.02. The van der Waals surface area contributed by atoms with Crippen molar-refractivity contribution in [2.45, 2.75) is 39.2 Å². The lowest BCUT2D eigenvalue weighted by molar-refractivity contribution is 0.0201. The van der Waals surface area contributed by atoms with Gasteiger partial charge in [-0.05, 0) is 45.7 Å². The number of hydrogen-bond donors (Lipinski definition) is 2. The quantitative estimate of drug-likeness (QED) is 0.830.